The van der Waals surface area contributed by atoms with Gasteiger partial charge in [0.2, 0.25) is 5.91 Å². The first-order valence-electron chi connectivity index (χ1n) is 10.9. The van der Waals surface area contributed by atoms with E-state index in [-0.39, 0.29) is 17.9 Å². The lowest BCUT2D eigenvalue weighted by molar-refractivity contribution is -0.121. The number of urea groups is 1. The Balaban J connectivity index is 1.21. The molecule has 1 unspecified atom stereocenters. The van der Waals surface area contributed by atoms with Crippen molar-refractivity contribution in [3.05, 3.63) is 65.5 Å². The van der Waals surface area contributed by atoms with Gasteiger partial charge in [-0.2, -0.15) is 0 Å². The molecule has 1 saturated heterocycles. The maximum absolute atomic E-state index is 12.9. The minimum atomic E-state index is -0.222. The lowest BCUT2D eigenvalue weighted by atomic mass is 9.97. The number of thiazole rings is 1. The van der Waals surface area contributed by atoms with Gasteiger partial charge >= 0.3 is 6.03 Å². The number of hydrogen-bond acceptors (Lipinski definition) is 5. The third-order valence-electron chi connectivity index (χ3n) is 5.77. The molecule has 3 amide bonds. The highest BCUT2D eigenvalue weighted by molar-refractivity contribution is 7.21. The fraction of sp³-hybridized carbons (Fsp3) is 0.240. The fourth-order valence-electron chi connectivity index (χ4n) is 4.01. The molecule has 1 aliphatic rings. The summed E-state index contributed by atoms with van der Waals surface area (Å²) < 4.78 is 1.17. The smallest absolute Gasteiger partial charge is 0.322 e. The number of thiophene rings is 1. The van der Waals surface area contributed by atoms with E-state index in [1.54, 1.807) is 16.2 Å². The molecule has 8 heteroatoms. The lowest BCUT2D eigenvalue weighted by Gasteiger charge is -2.31. The minimum absolute atomic E-state index is 0.0492. The van der Waals surface area contributed by atoms with E-state index in [4.69, 9.17) is 4.98 Å². The summed E-state index contributed by atoms with van der Waals surface area (Å²) in [6.45, 7) is 3.17. The van der Waals surface area contributed by atoms with Crippen LogP contribution >= 0.6 is 22.7 Å². The number of piperidine rings is 1. The van der Waals surface area contributed by atoms with E-state index < -0.39 is 0 Å². The SMILES string of the molecule is Cc1ccc2nc(-c3ccc(NC(=O)C4CCCN(C(=O)Nc5cccs5)C4)cc3)sc2c1. The topological polar surface area (TPSA) is 74.3 Å². The quantitative estimate of drug-likeness (QED) is 0.367. The summed E-state index contributed by atoms with van der Waals surface area (Å²) in [6.07, 6.45) is 1.59. The highest BCUT2D eigenvalue weighted by atomic mass is 32.1. The first-order chi connectivity index (χ1) is 16.0. The van der Waals surface area contributed by atoms with Gasteiger partial charge in [0.05, 0.1) is 21.1 Å². The number of carbonyl (C=O) groups is 2. The van der Waals surface area contributed by atoms with Crippen LogP contribution in [0.3, 0.4) is 0 Å². The van der Waals surface area contributed by atoms with Gasteiger partial charge in [-0.15, -0.1) is 22.7 Å². The van der Waals surface area contributed by atoms with Gasteiger partial charge in [0.1, 0.15) is 5.01 Å². The summed E-state index contributed by atoms with van der Waals surface area (Å²) in [6, 6.07) is 17.7. The Kier molecular flexibility index (Phi) is 6.11. The van der Waals surface area contributed by atoms with Gasteiger partial charge in [-0.3, -0.25) is 10.1 Å². The molecule has 0 bridgehead atoms. The first-order valence-corrected chi connectivity index (χ1v) is 12.6. The number of carbonyl (C=O) groups excluding carboxylic acids is 2. The van der Waals surface area contributed by atoms with Crippen molar-refractivity contribution in [2.24, 2.45) is 5.92 Å². The number of aryl methyl sites for hydroxylation is 1. The van der Waals surface area contributed by atoms with Crippen molar-refractivity contribution in [3.8, 4) is 10.6 Å². The molecule has 0 radical (unpaired) electrons. The molecule has 6 nitrogen and oxygen atoms in total. The van der Waals surface area contributed by atoms with Crippen molar-refractivity contribution < 1.29 is 9.59 Å². The Morgan fingerprint density at radius 1 is 1.09 bits per heavy atom. The van der Waals surface area contributed by atoms with Crippen LogP contribution in [0.4, 0.5) is 15.5 Å². The molecule has 5 rings (SSSR count). The van der Waals surface area contributed by atoms with Crippen LogP contribution in [-0.2, 0) is 4.79 Å². The van der Waals surface area contributed by atoms with Gasteiger partial charge in [-0.05, 0) is 79.2 Å². The van der Waals surface area contributed by atoms with Crippen LogP contribution in [0.1, 0.15) is 18.4 Å². The average molecular weight is 477 g/mol. The molecule has 2 N–H and O–H groups in total. The normalized spacial score (nSPS) is 16.0. The fourth-order valence-corrected chi connectivity index (χ4v) is 5.68. The second-order valence-electron chi connectivity index (χ2n) is 8.25. The van der Waals surface area contributed by atoms with Crippen molar-refractivity contribution >= 4 is 55.5 Å². The summed E-state index contributed by atoms with van der Waals surface area (Å²) in [4.78, 5) is 31.9. The van der Waals surface area contributed by atoms with E-state index in [1.165, 1.54) is 21.6 Å². The van der Waals surface area contributed by atoms with Gasteiger partial charge in [0.15, 0.2) is 0 Å². The number of aromatic nitrogens is 1. The molecule has 1 fully saturated rings. The third kappa shape index (κ3) is 4.91. The molecule has 1 aliphatic heterocycles. The lowest BCUT2D eigenvalue weighted by Crippen LogP contribution is -2.45. The van der Waals surface area contributed by atoms with Crippen LogP contribution in [0.2, 0.25) is 0 Å². The summed E-state index contributed by atoms with van der Waals surface area (Å²) >= 11 is 3.15. The van der Waals surface area contributed by atoms with E-state index in [0.717, 1.165) is 39.6 Å². The second kappa shape index (κ2) is 9.33. The van der Waals surface area contributed by atoms with Crippen molar-refractivity contribution in [2.75, 3.05) is 23.7 Å². The second-order valence-corrected chi connectivity index (χ2v) is 10.2. The number of likely N-dealkylation sites (tertiary alicyclic amines) is 1. The number of hydrogen-bond donors (Lipinski definition) is 2. The number of nitrogens with zero attached hydrogens (tertiary/aromatic N) is 2. The molecule has 0 spiro atoms. The molecule has 2 aromatic heterocycles. The van der Waals surface area contributed by atoms with Gasteiger partial charge in [-0.25, -0.2) is 9.78 Å². The summed E-state index contributed by atoms with van der Waals surface area (Å²) in [7, 11) is 0. The van der Waals surface area contributed by atoms with Gasteiger partial charge in [0.25, 0.3) is 0 Å². The summed E-state index contributed by atoms with van der Waals surface area (Å²) in [5.74, 6) is -0.271. The van der Waals surface area contributed by atoms with Gasteiger partial charge in [0, 0.05) is 24.3 Å². The average Bonchev–Trinajstić information content (AvgIpc) is 3.49. The Bertz CT molecular complexity index is 1280. The van der Waals surface area contributed by atoms with Crippen LogP contribution < -0.4 is 10.6 Å². The Labute approximate surface area is 200 Å². The predicted molar refractivity (Wildman–Crippen MR) is 136 cm³/mol. The van der Waals surface area contributed by atoms with E-state index in [9.17, 15) is 9.59 Å². The molecular weight excluding hydrogens is 452 g/mol. The van der Waals surface area contributed by atoms with E-state index in [2.05, 4.69) is 29.7 Å². The highest BCUT2D eigenvalue weighted by Gasteiger charge is 2.28. The molecule has 1 atom stereocenters. The minimum Gasteiger partial charge on any atom is -0.326 e. The maximum atomic E-state index is 12.9. The Morgan fingerprint density at radius 3 is 2.73 bits per heavy atom. The predicted octanol–water partition coefficient (Wildman–Crippen LogP) is 6.22. The molecule has 3 heterocycles. The number of rotatable bonds is 4. The molecular formula is C25H24N4O2S2. The van der Waals surface area contributed by atoms with Crippen molar-refractivity contribution in [1.29, 1.82) is 0 Å². The number of anilines is 2. The molecule has 33 heavy (non-hydrogen) atoms. The van der Waals surface area contributed by atoms with Crippen LogP contribution in [-0.4, -0.2) is 34.9 Å². The van der Waals surface area contributed by atoms with Crippen LogP contribution in [0.5, 0.6) is 0 Å². The number of fused-ring (bicyclic) bond motifs is 1. The van der Waals surface area contributed by atoms with Crippen molar-refractivity contribution in [3.63, 3.8) is 0 Å². The molecule has 0 aliphatic carbocycles. The maximum Gasteiger partial charge on any atom is 0.322 e. The Hall–Kier alpha value is -3.23. The van der Waals surface area contributed by atoms with Crippen molar-refractivity contribution in [2.45, 2.75) is 19.8 Å². The largest absolute Gasteiger partial charge is 0.326 e. The monoisotopic (exact) mass is 476 g/mol. The van der Waals surface area contributed by atoms with Crippen LogP contribution in [0, 0.1) is 12.8 Å². The highest BCUT2D eigenvalue weighted by Crippen LogP contribution is 2.31. The van der Waals surface area contributed by atoms with E-state index in [0.29, 0.717) is 13.1 Å². The zero-order valence-corrected chi connectivity index (χ0v) is 19.8. The zero-order chi connectivity index (χ0) is 22.8. The van der Waals surface area contributed by atoms with Crippen LogP contribution in [0.15, 0.2) is 60.0 Å². The molecule has 2 aromatic carbocycles. The van der Waals surface area contributed by atoms with E-state index in [1.807, 2.05) is 47.8 Å². The van der Waals surface area contributed by atoms with Gasteiger partial charge < -0.3 is 10.2 Å². The number of benzene rings is 2. The van der Waals surface area contributed by atoms with Crippen molar-refractivity contribution in [1.82, 2.24) is 9.88 Å². The first kappa shape index (κ1) is 21.6. The molecule has 168 valence electrons. The summed E-state index contributed by atoms with van der Waals surface area (Å²) in [5, 5.41) is 9.62. The van der Waals surface area contributed by atoms with Gasteiger partial charge in [-0.1, -0.05) is 6.07 Å². The standard InChI is InChI=1S/C25H24N4O2S2/c1-16-6-11-20-21(14-16)33-24(27-20)17-7-9-19(10-8-17)26-23(30)18-4-2-12-29(15-18)25(31)28-22-5-3-13-32-22/h3,5-11,13-14,18H,2,4,12,15H2,1H3,(H,26,30)(H,28,31). The number of nitrogens with one attached hydrogen (secondary N) is 2. The van der Waals surface area contributed by atoms with Crippen LogP contribution in [0.25, 0.3) is 20.8 Å². The Morgan fingerprint density at radius 2 is 1.94 bits per heavy atom. The van der Waals surface area contributed by atoms with E-state index >= 15 is 0 Å². The number of amides is 3. The third-order valence-corrected chi connectivity index (χ3v) is 7.63. The molecule has 4 aromatic rings. The summed E-state index contributed by atoms with van der Waals surface area (Å²) in [5.41, 5.74) is 4.01. The molecule has 0 saturated carbocycles. The zero-order valence-electron chi connectivity index (χ0n) is 18.2.